The third kappa shape index (κ3) is 2.39. The number of phenols is 1. The predicted molar refractivity (Wildman–Crippen MR) is 79.9 cm³/mol. The van der Waals surface area contributed by atoms with E-state index in [1.165, 1.54) is 18.3 Å². The van der Waals surface area contributed by atoms with E-state index in [0.29, 0.717) is 11.4 Å². The average Bonchev–Trinajstić information content (AvgIpc) is 2.55. The Hall–Kier alpha value is -3.62. The lowest BCUT2D eigenvalue weighted by atomic mass is 10.1. The number of benzene rings is 1. The van der Waals surface area contributed by atoms with Gasteiger partial charge in [0.05, 0.1) is 32.7 Å². The van der Waals surface area contributed by atoms with E-state index in [9.17, 15) is 25.3 Å². The first-order chi connectivity index (χ1) is 11.0. The molecule has 0 fully saturated rings. The minimum Gasteiger partial charge on any atom is -0.501 e. The molecule has 0 aliphatic rings. The first-order valence-electron chi connectivity index (χ1n) is 6.36. The standard InChI is InChI=1S/C14H8N4O5/c19-14-12(18(22)23)7-11(17(20)21)8-4-5-10(16-13(8)14)9-3-1-2-6-15-9/h1-7,19H. The van der Waals surface area contributed by atoms with E-state index in [0.717, 1.165) is 6.07 Å². The summed E-state index contributed by atoms with van der Waals surface area (Å²) in [5.41, 5.74) is -0.667. The number of nitrogens with zero attached hydrogens (tertiary/aromatic N) is 4. The number of aromatic nitrogens is 2. The molecule has 3 rings (SSSR count). The third-order valence-corrected chi connectivity index (χ3v) is 3.23. The zero-order valence-corrected chi connectivity index (χ0v) is 11.4. The fourth-order valence-corrected chi connectivity index (χ4v) is 2.19. The van der Waals surface area contributed by atoms with E-state index in [1.807, 2.05) is 0 Å². The zero-order chi connectivity index (χ0) is 16.6. The van der Waals surface area contributed by atoms with Crippen molar-refractivity contribution >= 4 is 22.3 Å². The van der Waals surface area contributed by atoms with Gasteiger partial charge in [0.1, 0.15) is 5.52 Å². The van der Waals surface area contributed by atoms with E-state index in [-0.39, 0.29) is 10.9 Å². The topological polar surface area (TPSA) is 132 Å². The van der Waals surface area contributed by atoms with Gasteiger partial charge in [-0.25, -0.2) is 4.98 Å². The minimum atomic E-state index is -0.892. The van der Waals surface area contributed by atoms with Crippen molar-refractivity contribution in [1.82, 2.24) is 9.97 Å². The number of aromatic hydroxyl groups is 1. The average molecular weight is 312 g/mol. The number of pyridine rings is 2. The van der Waals surface area contributed by atoms with Gasteiger partial charge in [-0.05, 0) is 24.3 Å². The second kappa shape index (κ2) is 5.30. The quantitative estimate of drug-likeness (QED) is 0.580. The Kier molecular flexibility index (Phi) is 3.30. The molecule has 3 aromatic rings. The largest absolute Gasteiger partial charge is 0.501 e. The number of hydrogen-bond acceptors (Lipinski definition) is 7. The van der Waals surface area contributed by atoms with E-state index in [1.54, 1.807) is 18.2 Å². The Morgan fingerprint density at radius 2 is 1.70 bits per heavy atom. The Balaban J connectivity index is 2.35. The number of fused-ring (bicyclic) bond motifs is 1. The summed E-state index contributed by atoms with van der Waals surface area (Å²) in [6.45, 7) is 0. The molecular formula is C14H8N4O5. The maximum absolute atomic E-state index is 11.1. The van der Waals surface area contributed by atoms with Gasteiger partial charge in [-0.15, -0.1) is 0 Å². The number of rotatable bonds is 3. The van der Waals surface area contributed by atoms with Crippen molar-refractivity contribution in [2.24, 2.45) is 0 Å². The molecule has 0 aliphatic carbocycles. The van der Waals surface area contributed by atoms with Gasteiger partial charge >= 0.3 is 5.69 Å². The molecule has 0 saturated carbocycles. The monoisotopic (exact) mass is 312 g/mol. The van der Waals surface area contributed by atoms with E-state index in [4.69, 9.17) is 0 Å². The highest BCUT2D eigenvalue weighted by Crippen LogP contribution is 2.39. The molecule has 9 heteroatoms. The van der Waals surface area contributed by atoms with Gasteiger partial charge in [0, 0.05) is 6.20 Å². The number of nitro benzene ring substituents is 2. The summed E-state index contributed by atoms with van der Waals surface area (Å²) in [6, 6.07) is 8.70. The maximum Gasteiger partial charge on any atom is 0.319 e. The number of non-ortho nitro benzene ring substituents is 1. The van der Waals surface area contributed by atoms with E-state index in [2.05, 4.69) is 9.97 Å². The van der Waals surface area contributed by atoms with Crippen LogP contribution in [0.2, 0.25) is 0 Å². The molecule has 23 heavy (non-hydrogen) atoms. The summed E-state index contributed by atoms with van der Waals surface area (Å²) >= 11 is 0. The minimum absolute atomic E-state index is 0.0118. The molecule has 0 saturated heterocycles. The first kappa shape index (κ1) is 14.3. The molecular weight excluding hydrogens is 304 g/mol. The van der Waals surface area contributed by atoms with Gasteiger partial charge in [0.15, 0.2) is 0 Å². The van der Waals surface area contributed by atoms with Gasteiger partial charge < -0.3 is 5.11 Å². The summed E-state index contributed by atoms with van der Waals surface area (Å²) in [7, 11) is 0. The Bertz CT molecular complexity index is 943. The molecule has 0 amide bonds. The molecule has 0 aliphatic heterocycles. The Morgan fingerprint density at radius 3 is 2.30 bits per heavy atom. The number of hydrogen-bond donors (Lipinski definition) is 1. The molecule has 114 valence electrons. The highest BCUT2D eigenvalue weighted by molar-refractivity contribution is 5.96. The van der Waals surface area contributed by atoms with E-state index >= 15 is 0 Å². The van der Waals surface area contributed by atoms with Crippen LogP contribution in [0.15, 0.2) is 42.6 Å². The van der Waals surface area contributed by atoms with Gasteiger partial charge in [0.2, 0.25) is 5.75 Å². The van der Waals surface area contributed by atoms with Crippen LogP contribution in [0.3, 0.4) is 0 Å². The summed E-state index contributed by atoms with van der Waals surface area (Å²) in [4.78, 5) is 28.6. The molecule has 0 radical (unpaired) electrons. The van der Waals surface area contributed by atoms with Crippen LogP contribution >= 0.6 is 0 Å². The van der Waals surface area contributed by atoms with Crippen LogP contribution in [-0.2, 0) is 0 Å². The lowest BCUT2D eigenvalue weighted by Gasteiger charge is -2.05. The van der Waals surface area contributed by atoms with Crippen LogP contribution in [0, 0.1) is 20.2 Å². The summed E-state index contributed by atoms with van der Waals surface area (Å²) in [5.74, 6) is -0.714. The van der Waals surface area contributed by atoms with Crippen molar-refractivity contribution in [1.29, 1.82) is 0 Å². The van der Waals surface area contributed by atoms with Crippen LogP contribution in [0.4, 0.5) is 11.4 Å². The van der Waals surface area contributed by atoms with Crippen molar-refractivity contribution in [2.75, 3.05) is 0 Å². The zero-order valence-electron chi connectivity index (χ0n) is 11.4. The molecule has 1 N–H and O–H groups in total. The molecule has 9 nitrogen and oxygen atoms in total. The third-order valence-electron chi connectivity index (χ3n) is 3.23. The molecule has 0 atom stereocenters. The second-order valence-electron chi connectivity index (χ2n) is 4.59. The fraction of sp³-hybridized carbons (Fsp3) is 0. The Morgan fingerprint density at radius 1 is 0.957 bits per heavy atom. The van der Waals surface area contributed by atoms with Crippen molar-refractivity contribution in [2.45, 2.75) is 0 Å². The summed E-state index contributed by atoms with van der Waals surface area (Å²) < 4.78 is 0. The van der Waals surface area contributed by atoms with Gasteiger partial charge in [-0.2, -0.15) is 0 Å². The maximum atomic E-state index is 11.1. The summed E-state index contributed by atoms with van der Waals surface area (Å²) in [5, 5.41) is 32.2. The smallest absolute Gasteiger partial charge is 0.319 e. The van der Waals surface area contributed by atoms with Crippen molar-refractivity contribution < 1.29 is 15.0 Å². The van der Waals surface area contributed by atoms with Gasteiger partial charge in [-0.1, -0.05) is 6.07 Å². The van der Waals surface area contributed by atoms with Crippen LogP contribution in [-0.4, -0.2) is 24.9 Å². The fourth-order valence-electron chi connectivity index (χ4n) is 2.19. The van der Waals surface area contributed by atoms with Crippen LogP contribution in [0.5, 0.6) is 5.75 Å². The van der Waals surface area contributed by atoms with Gasteiger partial charge in [-0.3, -0.25) is 25.2 Å². The molecule has 2 heterocycles. The normalized spacial score (nSPS) is 10.6. The van der Waals surface area contributed by atoms with Crippen molar-refractivity contribution in [3.8, 4) is 17.1 Å². The Labute approximate surface area is 128 Å². The van der Waals surface area contributed by atoms with Crippen molar-refractivity contribution in [3.05, 3.63) is 62.8 Å². The second-order valence-corrected chi connectivity index (χ2v) is 4.59. The molecule has 0 spiro atoms. The predicted octanol–water partition coefficient (Wildman–Crippen LogP) is 2.82. The lowest BCUT2D eigenvalue weighted by Crippen LogP contribution is -1.97. The highest BCUT2D eigenvalue weighted by Gasteiger charge is 2.26. The number of phenolic OH excluding ortho intramolecular Hbond substituents is 1. The highest BCUT2D eigenvalue weighted by atomic mass is 16.6. The van der Waals surface area contributed by atoms with Gasteiger partial charge in [0.25, 0.3) is 5.69 Å². The molecule has 2 aromatic heterocycles. The van der Waals surface area contributed by atoms with Crippen LogP contribution < -0.4 is 0 Å². The summed E-state index contributed by atoms with van der Waals surface area (Å²) in [6.07, 6.45) is 1.54. The first-order valence-corrected chi connectivity index (χ1v) is 6.36. The molecule has 0 unspecified atom stereocenters. The number of nitro groups is 2. The van der Waals surface area contributed by atoms with Crippen LogP contribution in [0.25, 0.3) is 22.3 Å². The van der Waals surface area contributed by atoms with Crippen LogP contribution in [0.1, 0.15) is 0 Å². The SMILES string of the molecule is O=[N+]([O-])c1cc([N+](=O)[O-])c2ccc(-c3ccccn3)nc2c1O. The van der Waals surface area contributed by atoms with E-state index < -0.39 is 27.0 Å². The molecule has 0 bridgehead atoms. The lowest BCUT2D eigenvalue weighted by molar-refractivity contribution is -0.393. The van der Waals surface area contributed by atoms with Crippen molar-refractivity contribution in [3.63, 3.8) is 0 Å². The molecule has 1 aromatic carbocycles.